The van der Waals surface area contributed by atoms with Crippen molar-refractivity contribution in [2.75, 3.05) is 11.1 Å². The zero-order valence-corrected chi connectivity index (χ0v) is 16.3. The number of benzene rings is 2. The minimum atomic E-state index is -3.35. The summed E-state index contributed by atoms with van der Waals surface area (Å²) in [5.41, 5.74) is 0.815. The molecule has 3 rings (SSSR count). The molecule has 0 bridgehead atoms. The molecule has 8 heteroatoms. The van der Waals surface area contributed by atoms with Gasteiger partial charge in [0.05, 0.1) is 20.9 Å². The van der Waals surface area contributed by atoms with Crippen molar-refractivity contribution in [3.05, 3.63) is 53.0 Å². The van der Waals surface area contributed by atoms with Gasteiger partial charge in [0, 0.05) is 10.9 Å². The van der Waals surface area contributed by atoms with E-state index in [9.17, 15) is 13.2 Å². The molecule has 1 amide bonds. The topological polar surface area (TPSA) is 76.1 Å². The number of fused-ring (bicyclic) bond motifs is 1. The van der Waals surface area contributed by atoms with E-state index >= 15 is 0 Å². The van der Waals surface area contributed by atoms with Gasteiger partial charge in [0.1, 0.15) is 0 Å². The second-order valence-corrected chi connectivity index (χ2v) is 9.47. The van der Waals surface area contributed by atoms with E-state index in [0.29, 0.717) is 5.13 Å². The van der Waals surface area contributed by atoms with Crippen LogP contribution in [0.4, 0.5) is 5.13 Å². The second kappa shape index (κ2) is 7.63. The highest BCUT2D eigenvalue weighted by molar-refractivity contribution is 9.10. The molecule has 0 fully saturated rings. The maximum absolute atomic E-state index is 12.2. The monoisotopic (exact) mass is 438 g/mol. The molecule has 0 saturated heterocycles. The molecule has 1 heterocycles. The molecule has 1 aromatic heterocycles. The fourth-order valence-electron chi connectivity index (χ4n) is 2.30. The summed E-state index contributed by atoms with van der Waals surface area (Å²) in [6.07, 6.45) is 0.394. The van der Waals surface area contributed by atoms with Crippen molar-refractivity contribution < 1.29 is 13.2 Å². The van der Waals surface area contributed by atoms with Gasteiger partial charge < -0.3 is 5.32 Å². The molecule has 3 aromatic rings. The van der Waals surface area contributed by atoms with Crippen LogP contribution < -0.4 is 5.32 Å². The van der Waals surface area contributed by atoms with Crippen molar-refractivity contribution >= 4 is 58.4 Å². The summed E-state index contributed by atoms with van der Waals surface area (Å²) in [6.45, 7) is 0. The summed E-state index contributed by atoms with van der Waals surface area (Å²) < 4.78 is 26.3. The van der Waals surface area contributed by atoms with Gasteiger partial charge in [-0.15, -0.1) is 0 Å². The molecule has 1 N–H and O–H groups in total. The van der Waals surface area contributed by atoms with Crippen LogP contribution in [-0.4, -0.2) is 25.1 Å². The zero-order valence-electron chi connectivity index (χ0n) is 13.1. The number of anilines is 1. The van der Waals surface area contributed by atoms with E-state index in [-0.39, 0.29) is 29.4 Å². The normalized spacial score (nSPS) is 11.6. The average Bonchev–Trinajstić information content (AvgIpc) is 2.96. The van der Waals surface area contributed by atoms with Crippen LogP contribution in [0.5, 0.6) is 0 Å². The van der Waals surface area contributed by atoms with Crippen LogP contribution in [0.25, 0.3) is 10.2 Å². The quantitative estimate of drug-likeness (QED) is 0.623. The van der Waals surface area contributed by atoms with Gasteiger partial charge in [-0.2, -0.15) is 0 Å². The molecule has 0 unspecified atom stereocenters. The minimum Gasteiger partial charge on any atom is -0.302 e. The maximum Gasteiger partial charge on any atom is 0.226 e. The van der Waals surface area contributed by atoms with Crippen LogP contribution in [-0.2, 0) is 14.6 Å². The van der Waals surface area contributed by atoms with Crippen LogP contribution >= 0.6 is 27.3 Å². The summed E-state index contributed by atoms with van der Waals surface area (Å²) in [6, 6.07) is 14.0. The second-order valence-electron chi connectivity index (χ2n) is 5.41. The number of sulfone groups is 1. The summed E-state index contributed by atoms with van der Waals surface area (Å²) in [4.78, 5) is 16.7. The van der Waals surface area contributed by atoms with Crippen molar-refractivity contribution in [2.24, 2.45) is 0 Å². The molecule has 0 saturated carbocycles. The molecule has 0 atom stereocenters. The maximum atomic E-state index is 12.2. The predicted octanol–water partition coefficient (Wildman–Crippen LogP) is 4.25. The molecule has 0 radical (unpaired) electrons. The fourth-order valence-corrected chi connectivity index (χ4v) is 5.07. The van der Waals surface area contributed by atoms with Crippen LogP contribution in [0.1, 0.15) is 12.8 Å². The zero-order chi connectivity index (χ0) is 17.9. The molecule has 5 nitrogen and oxygen atoms in total. The SMILES string of the molecule is O=C(CCCS(=O)(=O)c1ccccc1)Nc1nc2ccc(Br)cc2s1. The number of halogens is 1. The number of hydrogen-bond donors (Lipinski definition) is 1. The number of nitrogens with one attached hydrogen (secondary N) is 1. The lowest BCUT2D eigenvalue weighted by Crippen LogP contribution is -2.14. The first-order valence-corrected chi connectivity index (χ1v) is 10.8. The average molecular weight is 439 g/mol. The van der Waals surface area contributed by atoms with Crippen molar-refractivity contribution in [2.45, 2.75) is 17.7 Å². The standard InChI is InChI=1S/C17H15BrN2O3S2/c18-12-8-9-14-15(11-12)24-17(19-14)20-16(21)7-4-10-25(22,23)13-5-2-1-3-6-13/h1-3,5-6,8-9,11H,4,7,10H2,(H,19,20,21). The summed E-state index contributed by atoms with van der Waals surface area (Å²) >= 11 is 4.78. The van der Waals surface area contributed by atoms with E-state index < -0.39 is 9.84 Å². The summed E-state index contributed by atoms with van der Waals surface area (Å²) in [5, 5.41) is 3.25. The van der Waals surface area contributed by atoms with E-state index in [0.717, 1.165) is 14.7 Å². The van der Waals surface area contributed by atoms with Gasteiger partial charge in [-0.05, 0) is 36.8 Å². The Morgan fingerprint density at radius 3 is 2.68 bits per heavy atom. The van der Waals surface area contributed by atoms with Crippen LogP contribution in [0.3, 0.4) is 0 Å². The lowest BCUT2D eigenvalue weighted by Gasteiger charge is -2.04. The van der Waals surface area contributed by atoms with Gasteiger partial charge in [0.25, 0.3) is 0 Å². The number of carbonyl (C=O) groups excluding carboxylic acids is 1. The molecule has 0 aliphatic rings. The smallest absolute Gasteiger partial charge is 0.226 e. The van der Waals surface area contributed by atoms with Gasteiger partial charge in [0.2, 0.25) is 5.91 Å². The number of rotatable bonds is 6. The fraction of sp³-hybridized carbons (Fsp3) is 0.176. The Morgan fingerprint density at radius 1 is 1.16 bits per heavy atom. The number of aromatic nitrogens is 1. The molecular weight excluding hydrogens is 424 g/mol. The molecule has 130 valence electrons. The van der Waals surface area contributed by atoms with Crippen LogP contribution in [0, 0.1) is 0 Å². The van der Waals surface area contributed by atoms with Crippen molar-refractivity contribution in [1.82, 2.24) is 4.98 Å². The van der Waals surface area contributed by atoms with Crippen LogP contribution in [0.15, 0.2) is 57.9 Å². The Morgan fingerprint density at radius 2 is 1.92 bits per heavy atom. The highest BCUT2D eigenvalue weighted by atomic mass is 79.9. The van der Waals surface area contributed by atoms with Gasteiger partial charge in [-0.25, -0.2) is 13.4 Å². The molecule has 2 aromatic carbocycles. The van der Waals surface area contributed by atoms with E-state index in [2.05, 4.69) is 26.2 Å². The molecular formula is C17H15BrN2O3S2. The van der Waals surface area contributed by atoms with E-state index in [1.165, 1.54) is 11.3 Å². The van der Waals surface area contributed by atoms with Gasteiger partial charge in [-0.1, -0.05) is 45.5 Å². The van der Waals surface area contributed by atoms with Crippen LogP contribution in [0.2, 0.25) is 0 Å². The van der Waals surface area contributed by atoms with Gasteiger partial charge >= 0.3 is 0 Å². The minimum absolute atomic E-state index is 0.0583. The number of hydrogen-bond acceptors (Lipinski definition) is 5. The molecule has 0 spiro atoms. The number of thiazole rings is 1. The number of carbonyl (C=O) groups is 1. The summed E-state index contributed by atoms with van der Waals surface area (Å²) in [7, 11) is -3.35. The Labute approximate surface area is 158 Å². The van der Waals surface area contributed by atoms with Gasteiger partial charge in [0.15, 0.2) is 15.0 Å². The van der Waals surface area contributed by atoms with Crippen molar-refractivity contribution in [3.8, 4) is 0 Å². The lowest BCUT2D eigenvalue weighted by molar-refractivity contribution is -0.116. The molecule has 25 heavy (non-hydrogen) atoms. The lowest BCUT2D eigenvalue weighted by atomic mass is 10.3. The van der Waals surface area contributed by atoms with Gasteiger partial charge in [-0.3, -0.25) is 4.79 Å². The summed E-state index contributed by atoms with van der Waals surface area (Å²) in [5.74, 6) is -0.293. The third-order valence-corrected chi connectivity index (χ3v) is 6.76. The molecule has 0 aliphatic carbocycles. The van der Waals surface area contributed by atoms with E-state index in [1.807, 2.05) is 18.2 Å². The Bertz CT molecular complexity index is 1000. The first kappa shape index (κ1) is 18.0. The van der Waals surface area contributed by atoms with Crippen molar-refractivity contribution in [1.29, 1.82) is 0 Å². The Kier molecular flexibility index (Phi) is 5.51. The predicted molar refractivity (Wildman–Crippen MR) is 104 cm³/mol. The number of nitrogens with zero attached hydrogens (tertiary/aromatic N) is 1. The first-order chi connectivity index (χ1) is 11.9. The van der Waals surface area contributed by atoms with E-state index in [1.54, 1.807) is 30.3 Å². The third-order valence-electron chi connectivity index (χ3n) is 3.52. The Balaban J connectivity index is 1.55. The Hall–Kier alpha value is -1.77. The first-order valence-electron chi connectivity index (χ1n) is 7.58. The third kappa shape index (κ3) is 4.65. The van der Waals surface area contributed by atoms with E-state index in [4.69, 9.17) is 0 Å². The molecule has 0 aliphatic heterocycles. The van der Waals surface area contributed by atoms with Crippen molar-refractivity contribution in [3.63, 3.8) is 0 Å². The number of amides is 1. The highest BCUT2D eigenvalue weighted by Gasteiger charge is 2.15. The highest BCUT2D eigenvalue weighted by Crippen LogP contribution is 2.28. The largest absolute Gasteiger partial charge is 0.302 e.